The zero-order valence-corrected chi connectivity index (χ0v) is 12.2. The highest BCUT2D eigenvalue weighted by Gasteiger charge is 2.17. The molecule has 2 aromatic rings. The Morgan fingerprint density at radius 1 is 1.19 bits per heavy atom. The summed E-state index contributed by atoms with van der Waals surface area (Å²) in [4.78, 5) is 11.5. The van der Waals surface area contributed by atoms with Crippen molar-refractivity contribution in [1.29, 1.82) is 0 Å². The molecule has 1 aromatic heterocycles. The lowest BCUT2D eigenvalue weighted by Crippen LogP contribution is -2.04. The molecule has 0 aliphatic carbocycles. The van der Waals surface area contributed by atoms with Crippen molar-refractivity contribution in [2.24, 2.45) is 0 Å². The van der Waals surface area contributed by atoms with Crippen LogP contribution in [0.1, 0.15) is 34.3 Å². The fraction of sp³-hybridized carbons (Fsp3) is 0.438. The maximum Gasteiger partial charge on any atom is 0.337 e. The third-order valence-corrected chi connectivity index (χ3v) is 3.59. The van der Waals surface area contributed by atoms with Gasteiger partial charge >= 0.3 is 5.97 Å². The van der Waals surface area contributed by atoms with Gasteiger partial charge in [-0.3, -0.25) is 0 Å². The zero-order chi connectivity index (χ0) is 15.4. The Morgan fingerprint density at radius 2 is 1.90 bits per heavy atom. The van der Waals surface area contributed by atoms with Crippen LogP contribution < -0.4 is 0 Å². The quantitative estimate of drug-likeness (QED) is 0.728. The molecule has 0 unspecified atom stereocenters. The van der Waals surface area contributed by atoms with E-state index in [9.17, 15) is 9.90 Å². The second-order valence-corrected chi connectivity index (χ2v) is 5.27. The second kappa shape index (κ2) is 6.74. The number of hydrogen-bond donors (Lipinski definition) is 3. The highest BCUT2D eigenvalue weighted by molar-refractivity contribution is 6.03. The third-order valence-electron chi connectivity index (χ3n) is 3.59. The lowest BCUT2D eigenvalue weighted by molar-refractivity contribution is 0.0698. The van der Waals surface area contributed by atoms with Crippen molar-refractivity contribution in [3.63, 3.8) is 0 Å². The van der Waals surface area contributed by atoms with E-state index >= 15 is 0 Å². The topological polar surface area (TPSA) is 82.7 Å². The first-order valence-corrected chi connectivity index (χ1v) is 7.16. The second-order valence-electron chi connectivity index (χ2n) is 5.27. The van der Waals surface area contributed by atoms with Crippen molar-refractivity contribution in [2.45, 2.75) is 32.7 Å². The van der Waals surface area contributed by atoms with Crippen molar-refractivity contribution in [3.8, 4) is 0 Å². The van der Waals surface area contributed by atoms with Crippen molar-refractivity contribution in [2.75, 3.05) is 13.2 Å². The first-order valence-electron chi connectivity index (χ1n) is 7.16. The first kappa shape index (κ1) is 15.5. The number of aromatic nitrogens is 1. The summed E-state index contributed by atoms with van der Waals surface area (Å²) < 4.78 is 1.90. The number of carboxylic acid groups (broad SMARTS) is 1. The minimum atomic E-state index is -0.944. The number of fused-ring (bicyclic) bond motifs is 1. The van der Waals surface area contributed by atoms with Crippen LogP contribution in [-0.4, -0.2) is 39.1 Å². The molecule has 0 bridgehead atoms. The Kier molecular flexibility index (Phi) is 4.98. The lowest BCUT2D eigenvalue weighted by atomic mass is 10.0. The van der Waals surface area contributed by atoms with Gasteiger partial charge in [0.05, 0.1) is 11.1 Å². The molecule has 0 saturated carbocycles. The van der Waals surface area contributed by atoms with Crippen molar-refractivity contribution in [3.05, 3.63) is 35.0 Å². The van der Waals surface area contributed by atoms with Gasteiger partial charge in [-0.1, -0.05) is 0 Å². The van der Waals surface area contributed by atoms with Crippen LogP contribution in [0.2, 0.25) is 0 Å². The zero-order valence-electron chi connectivity index (χ0n) is 12.2. The van der Waals surface area contributed by atoms with Gasteiger partial charge in [0.2, 0.25) is 0 Å². The summed E-state index contributed by atoms with van der Waals surface area (Å²) in [5.74, 6) is -0.944. The van der Waals surface area contributed by atoms with Crippen molar-refractivity contribution < 1.29 is 20.1 Å². The van der Waals surface area contributed by atoms with Crippen LogP contribution in [0, 0.1) is 6.92 Å². The van der Waals surface area contributed by atoms with Gasteiger partial charge in [-0.15, -0.1) is 0 Å². The number of carboxylic acids is 1. The average molecular weight is 291 g/mol. The summed E-state index contributed by atoms with van der Waals surface area (Å²) in [7, 11) is 0. The van der Waals surface area contributed by atoms with E-state index < -0.39 is 5.97 Å². The molecule has 5 heteroatoms. The van der Waals surface area contributed by atoms with Crippen LogP contribution >= 0.6 is 0 Å². The van der Waals surface area contributed by atoms with Gasteiger partial charge in [-0.05, 0) is 49.4 Å². The Labute approximate surface area is 123 Å². The highest BCUT2D eigenvalue weighted by atomic mass is 16.4. The van der Waals surface area contributed by atoms with E-state index in [0.717, 1.165) is 16.5 Å². The summed E-state index contributed by atoms with van der Waals surface area (Å²) in [6.45, 7) is 2.64. The smallest absolute Gasteiger partial charge is 0.337 e. The molecule has 1 heterocycles. The molecule has 0 spiro atoms. The summed E-state index contributed by atoms with van der Waals surface area (Å²) in [6.07, 6.45) is 3.88. The third kappa shape index (κ3) is 3.25. The molecule has 0 atom stereocenters. The predicted octanol–water partition coefficient (Wildman–Crippen LogP) is 1.96. The molecule has 5 nitrogen and oxygen atoms in total. The number of aryl methyl sites for hydroxylation is 3. The molecule has 2 rings (SSSR count). The van der Waals surface area contributed by atoms with E-state index in [-0.39, 0.29) is 18.8 Å². The molecule has 3 N–H and O–H groups in total. The molecular formula is C16H21NO4. The van der Waals surface area contributed by atoms with E-state index in [1.54, 1.807) is 6.07 Å². The molecule has 0 radical (unpaired) electrons. The van der Waals surface area contributed by atoms with E-state index in [1.807, 2.05) is 23.8 Å². The molecule has 1 aromatic carbocycles. The maximum atomic E-state index is 11.5. The van der Waals surface area contributed by atoms with Gasteiger partial charge in [0, 0.05) is 31.3 Å². The van der Waals surface area contributed by atoms with E-state index in [0.29, 0.717) is 31.3 Å². The molecule has 21 heavy (non-hydrogen) atoms. The van der Waals surface area contributed by atoms with Crippen molar-refractivity contribution in [1.82, 2.24) is 4.57 Å². The number of aromatic carboxylic acids is 1. The van der Waals surface area contributed by atoms with Gasteiger partial charge in [0.1, 0.15) is 0 Å². The molecule has 114 valence electrons. The monoisotopic (exact) mass is 291 g/mol. The Bertz CT molecular complexity index is 645. The summed E-state index contributed by atoms with van der Waals surface area (Å²) >= 11 is 0. The summed E-state index contributed by atoms with van der Waals surface area (Å²) in [5.41, 5.74) is 2.95. The summed E-state index contributed by atoms with van der Waals surface area (Å²) in [6, 6.07) is 3.67. The van der Waals surface area contributed by atoms with Crippen LogP contribution in [-0.2, 0) is 13.0 Å². The first-order chi connectivity index (χ1) is 10.1. The fourth-order valence-electron chi connectivity index (χ4n) is 2.70. The molecular weight excluding hydrogens is 270 g/mol. The van der Waals surface area contributed by atoms with E-state index in [4.69, 9.17) is 10.2 Å². The van der Waals surface area contributed by atoms with Crippen LogP contribution in [0.3, 0.4) is 0 Å². The number of nitrogens with zero attached hydrogens (tertiary/aromatic N) is 1. The van der Waals surface area contributed by atoms with Crippen molar-refractivity contribution >= 4 is 16.9 Å². The summed E-state index contributed by atoms with van der Waals surface area (Å²) in [5, 5.41) is 28.4. The largest absolute Gasteiger partial charge is 0.478 e. The van der Waals surface area contributed by atoms with Crippen LogP contribution in [0.15, 0.2) is 18.3 Å². The number of rotatable bonds is 7. The van der Waals surface area contributed by atoms with Gasteiger partial charge in [0.15, 0.2) is 0 Å². The molecule has 0 aliphatic rings. The Balaban J connectivity index is 2.62. The predicted molar refractivity (Wildman–Crippen MR) is 80.7 cm³/mol. The molecule has 0 aliphatic heterocycles. The molecule has 0 fully saturated rings. The minimum Gasteiger partial charge on any atom is -0.478 e. The van der Waals surface area contributed by atoms with Crippen LogP contribution in [0.25, 0.3) is 10.9 Å². The van der Waals surface area contributed by atoms with Crippen LogP contribution in [0.5, 0.6) is 0 Å². The Morgan fingerprint density at radius 3 is 2.52 bits per heavy atom. The molecule has 0 amide bonds. The number of benzene rings is 1. The number of carbonyl (C=O) groups is 1. The number of aliphatic hydroxyl groups is 2. The standard InChI is InChI=1S/C16H21NO4/c1-11-8-13-12(4-2-6-18)10-17(5-3-7-19)15(13)14(9-11)16(20)21/h8-10,18-19H,2-7H2,1H3,(H,20,21). The SMILES string of the molecule is Cc1cc(C(=O)O)c2c(c1)c(CCCO)cn2CCCO. The fourth-order valence-corrected chi connectivity index (χ4v) is 2.70. The van der Waals surface area contributed by atoms with E-state index in [2.05, 4.69) is 0 Å². The van der Waals surface area contributed by atoms with Gasteiger partial charge in [0.25, 0.3) is 0 Å². The van der Waals surface area contributed by atoms with E-state index in [1.165, 1.54) is 0 Å². The minimum absolute atomic E-state index is 0.0694. The normalized spacial score (nSPS) is 11.2. The number of hydrogen-bond acceptors (Lipinski definition) is 3. The maximum absolute atomic E-state index is 11.5. The average Bonchev–Trinajstić information content (AvgIpc) is 2.79. The van der Waals surface area contributed by atoms with Gasteiger partial charge in [-0.2, -0.15) is 0 Å². The highest BCUT2D eigenvalue weighted by Crippen LogP contribution is 2.28. The van der Waals surface area contributed by atoms with Gasteiger partial charge < -0.3 is 19.9 Å². The lowest BCUT2D eigenvalue weighted by Gasteiger charge is -2.07. The Hall–Kier alpha value is -1.85. The van der Waals surface area contributed by atoms with Crippen LogP contribution in [0.4, 0.5) is 0 Å². The van der Waals surface area contributed by atoms with Gasteiger partial charge in [-0.25, -0.2) is 4.79 Å². The number of aliphatic hydroxyl groups excluding tert-OH is 2. The molecule has 0 saturated heterocycles.